The van der Waals surface area contributed by atoms with E-state index in [1.54, 1.807) is 0 Å². The van der Waals surface area contributed by atoms with Gasteiger partial charge in [-0.1, -0.05) is 101 Å². The summed E-state index contributed by atoms with van der Waals surface area (Å²) in [5, 5.41) is 0. The Morgan fingerprint density at radius 1 is 0.485 bits per heavy atom. The van der Waals surface area contributed by atoms with Crippen LogP contribution >= 0.6 is 15.9 Å². The van der Waals surface area contributed by atoms with Crippen molar-refractivity contribution < 1.29 is 4.74 Å². The van der Waals surface area contributed by atoms with Gasteiger partial charge >= 0.3 is 0 Å². The Balaban J connectivity index is 1.63. The van der Waals surface area contributed by atoms with Crippen LogP contribution in [0.2, 0.25) is 0 Å². The van der Waals surface area contributed by atoms with E-state index in [1.807, 2.05) is 0 Å². The molecule has 1 heterocycles. The van der Waals surface area contributed by atoms with Crippen molar-refractivity contribution in [2.24, 2.45) is 0 Å². The quantitative estimate of drug-likeness (QED) is 0.225. The summed E-state index contributed by atoms with van der Waals surface area (Å²) in [6, 6.07) is 41.2. The molecule has 0 unspecified atom stereocenters. The van der Waals surface area contributed by atoms with E-state index in [0.29, 0.717) is 0 Å². The van der Waals surface area contributed by atoms with E-state index in [2.05, 4.69) is 131 Å². The van der Waals surface area contributed by atoms with E-state index < -0.39 is 5.41 Å². The van der Waals surface area contributed by atoms with E-state index in [0.717, 1.165) is 16.0 Å². The van der Waals surface area contributed by atoms with Crippen LogP contribution in [-0.2, 0) is 5.41 Å². The van der Waals surface area contributed by atoms with Crippen molar-refractivity contribution in [2.45, 2.75) is 5.41 Å². The summed E-state index contributed by atoms with van der Waals surface area (Å²) in [6.45, 7) is 0. The van der Waals surface area contributed by atoms with Crippen LogP contribution in [0, 0.1) is 0 Å². The fraction of sp³-hybridized carbons (Fsp3) is 0.0323. The van der Waals surface area contributed by atoms with E-state index in [1.165, 1.54) is 44.5 Å². The highest BCUT2D eigenvalue weighted by atomic mass is 79.9. The topological polar surface area (TPSA) is 9.23 Å². The molecule has 0 amide bonds. The molecular weight excluding hydrogens is 468 g/mol. The Hall–Kier alpha value is -3.62. The second-order valence-electron chi connectivity index (χ2n) is 8.66. The average Bonchev–Trinajstić information content (AvgIpc) is 3.14. The van der Waals surface area contributed by atoms with Crippen LogP contribution in [0.1, 0.15) is 22.3 Å². The molecule has 0 saturated heterocycles. The second-order valence-corrected chi connectivity index (χ2v) is 9.58. The third-order valence-electron chi connectivity index (χ3n) is 7.01. The van der Waals surface area contributed by atoms with E-state index in [9.17, 15) is 0 Å². The van der Waals surface area contributed by atoms with Crippen molar-refractivity contribution >= 4 is 15.9 Å². The predicted molar refractivity (Wildman–Crippen MR) is 137 cm³/mol. The van der Waals surface area contributed by atoms with Crippen molar-refractivity contribution in [1.29, 1.82) is 0 Å². The van der Waals surface area contributed by atoms with Gasteiger partial charge in [-0.25, -0.2) is 0 Å². The fourth-order valence-corrected chi connectivity index (χ4v) is 6.05. The first-order valence-electron chi connectivity index (χ1n) is 11.1. The number of rotatable bonds is 1. The smallest absolute Gasteiger partial charge is 0.132 e. The molecule has 7 rings (SSSR count). The lowest BCUT2D eigenvalue weighted by Crippen LogP contribution is -2.32. The standard InChI is InChI=1S/C31H19BrO/c32-22-15-16-23-24-18-21(20-8-2-1-3-9-20)14-17-25(24)31(28(23)19-22)26-10-4-6-12-29(26)33-30-13-7-5-11-27(30)31/h1-19H. The predicted octanol–water partition coefficient (Wildman–Crippen LogP) is 8.58. The first-order chi connectivity index (χ1) is 16.3. The maximum absolute atomic E-state index is 6.41. The van der Waals surface area contributed by atoms with Gasteiger partial charge in [0.1, 0.15) is 11.5 Å². The number of benzene rings is 5. The Morgan fingerprint density at radius 3 is 1.88 bits per heavy atom. The highest BCUT2D eigenvalue weighted by Crippen LogP contribution is 2.62. The zero-order chi connectivity index (χ0) is 22.0. The molecule has 33 heavy (non-hydrogen) atoms. The lowest BCUT2D eigenvalue weighted by atomic mass is 9.66. The van der Waals surface area contributed by atoms with Crippen molar-refractivity contribution in [1.82, 2.24) is 0 Å². The van der Waals surface area contributed by atoms with E-state index in [4.69, 9.17) is 4.74 Å². The van der Waals surface area contributed by atoms with Gasteiger partial charge in [0.15, 0.2) is 0 Å². The SMILES string of the molecule is Brc1ccc2c(c1)C1(c3ccccc3Oc3ccccc31)c1ccc(-c3ccccc3)cc1-2. The highest BCUT2D eigenvalue weighted by Gasteiger charge is 2.51. The largest absolute Gasteiger partial charge is 0.457 e. The van der Waals surface area contributed by atoms with Crippen LogP contribution in [0.3, 0.4) is 0 Å². The second kappa shape index (κ2) is 6.94. The number of fused-ring (bicyclic) bond motifs is 9. The van der Waals surface area contributed by atoms with Gasteiger partial charge in [-0.05, 0) is 63.7 Å². The maximum atomic E-state index is 6.41. The molecule has 156 valence electrons. The summed E-state index contributed by atoms with van der Waals surface area (Å²) in [6.07, 6.45) is 0. The molecule has 0 bridgehead atoms. The molecule has 5 aromatic rings. The van der Waals surface area contributed by atoms with Crippen molar-refractivity contribution in [2.75, 3.05) is 0 Å². The summed E-state index contributed by atoms with van der Waals surface area (Å²) in [5.74, 6) is 1.84. The highest BCUT2D eigenvalue weighted by molar-refractivity contribution is 9.10. The van der Waals surface area contributed by atoms with Crippen molar-refractivity contribution in [3.63, 3.8) is 0 Å². The van der Waals surface area contributed by atoms with Gasteiger partial charge < -0.3 is 4.74 Å². The van der Waals surface area contributed by atoms with Gasteiger partial charge in [-0.3, -0.25) is 0 Å². The Labute approximate surface area is 201 Å². The lowest BCUT2D eigenvalue weighted by molar-refractivity contribution is 0.436. The number of halogens is 1. The monoisotopic (exact) mass is 486 g/mol. The summed E-state index contributed by atoms with van der Waals surface area (Å²) in [7, 11) is 0. The van der Waals surface area contributed by atoms with Gasteiger partial charge in [-0.2, -0.15) is 0 Å². The van der Waals surface area contributed by atoms with Gasteiger partial charge in [0.25, 0.3) is 0 Å². The zero-order valence-electron chi connectivity index (χ0n) is 17.8. The van der Waals surface area contributed by atoms with Gasteiger partial charge in [0, 0.05) is 15.6 Å². The van der Waals surface area contributed by atoms with Crippen LogP contribution in [-0.4, -0.2) is 0 Å². The first kappa shape index (κ1) is 18.9. The molecule has 1 aliphatic carbocycles. The third-order valence-corrected chi connectivity index (χ3v) is 7.50. The molecule has 0 atom stereocenters. The molecule has 1 spiro atoms. The van der Waals surface area contributed by atoms with Crippen LogP contribution < -0.4 is 4.74 Å². The van der Waals surface area contributed by atoms with Crippen molar-refractivity contribution in [3.8, 4) is 33.8 Å². The Kier molecular flexibility index (Phi) is 3.97. The molecule has 0 saturated carbocycles. The number of hydrogen-bond donors (Lipinski definition) is 0. The summed E-state index contributed by atoms with van der Waals surface area (Å²) >= 11 is 3.76. The normalized spacial score (nSPS) is 14.1. The molecule has 1 nitrogen and oxygen atoms in total. The third kappa shape index (κ3) is 2.53. The van der Waals surface area contributed by atoms with Gasteiger partial charge in [-0.15, -0.1) is 0 Å². The molecule has 0 N–H and O–H groups in total. The first-order valence-corrected chi connectivity index (χ1v) is 11.9. The maximum Gasteiger partial charge on any atom is 0.132 e. The molecular formula is C31H19BrO. The minimum Gasteiger partial charge on any atom is -0.457 e. The van der Waals surface area contributed by atoms with E-state index in [-0.39, 0.29) is 0 Å². The van der Waals surface area contributed by atoms with Crippen LogP contribution in [0.25, 0.3) is 22.3 Å². The van der Waals surface area contributed by atoms with Crippen LogP contribution in [0.15, 0.2) is 120 Å². The van der Waals surface area contributed by atoms with Crippen LogP contribution in [0.4, 0.5) is 0 Å². The van der Waals surface area contributed by atoms with Crippen LogP contribution in [0.5, 0.6) is 11.5 Å². The van der Waals surface area contributed by atoms with Gasteiger partial charge in [0.2, 0.25) is 0 Å². The summed E-state index contributed by atoms with van der Waals surface area (Å²) < 4.78 is 7.49. The fourth-order valence-electron chi connectivity index (χ4n) is 5.69. The molecule has 1 aliphatic heterocycles. The Bertz CT molecular complexity index is 1510. The lowest BCUT2D eigenvalue weighted by Gasteiger charge is -2.39. The molecule has 0 fully saturated rings. The summed E-state index contributed by atoms with van der Waals surface area (Å²) in [5.41, 5.74) is 9.57. The molecule has 0 radical (unpaired) electrons. The molecule has 0 aromatic heterocycles. The number of ether oxygens (including phenoxy) is 1. The zero-order valence-corrected chi connectivity index (χ0v) is 19.3. The minimum atomic E-state index is -0.422. The number of para-hydroxylation sites is 2. The molecule has 2 heteroatoms. The number of hydrogen-bond acceptors (Lipinski definition) is 1. The van der Waals surface area contributed by atoms with Gasteiger partial charge in [0.05, 0.1) is 5.41 Å². The minimum absolute atomic E-state index is 0.422. The molecule has 2 aliphatic rings. The Morgan fingerprint density at radius 2 is 1.15 bits per heavy atom. The average molecular weight is 487 g/mol. The van der Waals surface area contributed by atoms with Crippen molar-refractivity contribution in [3.05, 3.63) is 142 Å². The summed E-state index contributed by atoms with van der Waals surface area (Å²) in [4.78, 5) is 0. The molecule has 5 aromatic carbocycles. The van der Waals surface area contributed by atoms with E-state index >= 15 is 0 Å².